The van der Waals surface area contributed by atoms with Crippen molar-refractivity contribution in [2.75, 3.05) is 25.1 Å². The van der Waals surface area contributed by atoms with Gasteiger partial charge in [-0.15, -0.1) is 0 Å². The average molecular weight is 284 g/mol. The fourth-order valence-corrected chi connectivity index (χ4v) is 2.29. The molecule has 0 radical (unpaired) electrons. The molecule has 1 saturated heterocycles. The van der Waals surface area contributed by atoms with Crippen molar-refractivity contribution in [1.29, 1.82) is 0 Å². The van der Waals surface area contributed by atoms with Gasteiger partial charge < -0.3 is 9.64 Å². The Morgan fingerprint density at radius 3 is 2.70 bits per heavy atom. The number of methoxy groups -OCH3 is 1. The molecule has 0 bridgehead atoms. The Kier molecular flexibility index (Phi) is 2.79. The van der Waals surface area contributed by atoms with Crippen molar-refractivity contribution in [1.82, 2.24) is 15.0 Å². The van der Waals surface area contributed by atoms with E-state index in [1.54, 1.807) is 18.5 Å². The average Bonchev–Trinajstić information content (AvgIpc) is 2.36. The number of rotatable bonds is 2. The molecule has 1 aliphatic rings. The number of hydrogen-bond acceptors (Lipinski definition) is 5. The Balaban J connectivity index is 1.93. The number of hydrogen-bond donors (Lipinski definition) is 0. The maximum absolute atomic E-state index is 13.0. The van der Waals surface area contributed by atoms with E-state index in [1.165, 1.54) is 11.2 Å². The molecule has 0 atom stereocenters. The van der Waals surface area contributed by atoms with Crippen LogP contribution in [0, 0.1) is 0 Å². The Bertz CT molecular complexity index is 635. The minimum atomic E-state index is -4.40. The van der Waals surface area contributed by atoms with Crippen molar-refractivity contribution < 1.29 is 17.9 Å². The first kappa shape index (κ1) is 13.0. The summed E-state index contributed by atoms with van der Waals surface area (Å²) in [5.74, 6) is 0.467. The highest BCUT2D eigenvalue weighted by molar-refractivity contribution is 5.89. The van der Waals surface area contributed by atoms with Crippen LogP contribution < -0.4 is 4.90 Å². The molecular formula is C12H11F3N4O. The number of alkyl halides is 3. The van der Waals surface area contributed by atoms with Gasteiger partial charge in [0.2, 0.25) is 0 Å². The SMILES string of the molecule is COC1(C(F)(F)F)CN(c2ncnc3cnccc23)C1. The Morgan fingerprint density at radius 1 is 1.30 bits per heavy atom. The maximum atomic E-state index is 13.0. The van der Waals surface area contributed by atoms with Crippen LogP contribution in [0.1, 0.15) is 0 Å². The van der Waals surface area contributed by atoms with Crippen molar-refractivity contribution in [3.63, 3.8) is 0 Å². The molecule has 0 saturated carbocycles. The van der Waals surface area contributed by atoms with Crippen LogP contribution in [0.15, 0.2) is 24.8 Å². The Labute approximate surface area is 112 Å². The molecule has 0 aliphatic carbocycles. The van der Waals surface area contributed by atoms with Gasteiger partial charge in [0.1, 0.15) is 12.1 Å². The molecule has 2 aromatic rings. The van der Waals surface area contributed by atoms with E-state index in [1.807, 2.05) is 0 Å². The molecule has 8 heteroatoms. The normalized spacial score (nSPS) is 18.1. The third kappa shape index (κ3) is 1.79. The first-order chi connectivity index (χ1) is 9.47. The van der Waals surface area contributed by atoms with E-state index >= 15 is 0 Å². The standard InChI is InChI=1S/C12H11F3N4O/c1-20-11(12(13,14)15)5-19(6-11)10-8-2-3-16-4-9(8)17-7-18-10/h2-4,7H,5-6H2,1H3. The van der Waals surface area contributed by atoms with E-state index in [0.29, 0.717) is 16.7 Å². The van der Waals surface area contributed by atoms with Gasteiger partial charge in [-0.3, -0.25) is 4.98 Å². The third-order valence-electron chi connectivity index (χ3n) is 3.52. The summed E-state index contributed by atoms with van der Waals surface area (Å²) in [5.41, 5.74) is -1.52. The molecule has 0 N–H and O–H groups in total. The summed E-state index contributed by atoms with van der Waals surface area (Å²) in [4.78, 5) is 13.6. The number of ether oxygens (including phenoxy) is 1. The summed E-state index contributed by atoms with van der Waals surface area (Å²) >= 11 is 0. The van der Waals surface area contributed by atoms with Crippen LogP contribution in [0.2, 0.25) is 0 Å². The van der Waals surface area contributed by atoms with Crippen molar-refractivity contribution in [2.24, 2.45) is 0 Å². The maximum Gasteiger partial charge on any atom is 0.420 e. The predicted molar refractivity (Wildman–Crippen MR) is 65.3 cm³/mol. The molecule has 20 heavy (non-hydrogen) atoms. The molecule has 0 aromatic carbocycles. The molecule has 0 unspecified atom stereocenters. The van der Waals surface area contributed by atoms with Gasteiger partial charge in [0.25, 0.3) is 0 Å². The van der Waals surface area contributed by atoms with E-state index in [-0.39, 0.29) is 13.1 Å². The zero-order valence-electron chi connectivity index (χ0n) is 10.6. The lowest BCUT2D eigenvalue weighted by Gasteiger charge is -2.50. The van der Waals surface area contributed by atoms with Crippen LogP contribution in [0.4, 0.5) is 19.0 Å². The topological polar surface area (TPSA) is 51.1 Å². The van der Waals surface area contributed by atoms with Gasteiger partial charge in [-0.1, -0.05) is 0 Å². The van der Waals surface area contributed by atoms with Crippen molar-refractivity contribution in [3.05, 3.63) is 24.8 Å². The predicted octanol–water partition coefficient (Wildman–Crippen LogP) is 1.79. The summed E-state index contributed by atoms with van der Waals surface area (Å²) in [6.07, 6.45) is 0.0261. The van der Waals surface area contributed by atoms with Gasteiger partial charge in [-0.2, -0.15) is 13.2 Å². The fourth-order valence-electron chi connectivity index (χ4n) is 2.29. The molecule has 2 aromatic heterocycles. The van der Waals surface area contributed by atoms with E-state index in [4.69, 9.17) is 0 Å². The van der Waals surface area contributed by atoms with Crippen LogP contribution in [-0.2, 0) is 4.74 Å². The minimum absolute atomic E-state index is 0.276. The van der Waals surface area contributed by atoms with Gasteiger partial charge in [0, 0.05) is 18.7 Å². The largest absolute Gasteiger partial charge is 0.420 e. The number of fused-ring (bicyclic) bond motifs is 1. The van der Waals surface area contributed by atoms with E-state index in [0.717, 1.165) is 7.11 Å². The zero-order valence-corrected chi connectivity index (χ0v) is 10.6. The summed E-state index contributed by atoms with van der Waals surface area (Å²) in [6.45, 7) is -0.553. The second kappa shape index (κ2) is 4.27. The smallest absolute Gasteiger partial charge is 0.365 e. The van der Waals surface area contributed by atoms with Crippen LogP contribution in [0.5, 0.6) is 0 Å². The quantitative estimate of drug-likeness (QED) is 0.841. The Morgan fingerprint density at radius 2 is 2.05 bits per heavy atom. The lowest BCUT2D eigenvalue weighted by atomic mass is 9.92. The molecule has 1 fully saturated rings. The molecular weight excluding hydrogens is 273 g/mol. The highest BCUT2D eigenvalue weighted by Crippen LogP contribution is 2.42. The van der Waals surface area contributed by atoms with E-state index < -0.39 is 11.8 Å². The van der Waals surface area contributed by atoms with Crippen LogP contribution in [0.3, 0.4) is 0 Å². The van der Waals surface area contributed by atoms with Gasteiger partial charge >= 0.3 is 6.18 Å². The number of pyridine rings is 1. The summed E-state index contributed by atoms with van der Waals surface area (Å²) < 4.78 is 43.6. The highest BCUT2D eigenvalue weighted by Gasteiger charge is 2.63. The number of anilines is 1. The molecule has 3 rings (SSSR count). The highest BCUT2D eigenvalue weighted by atomic mass is 19.4. The number of nitrogens with zero attached hydrogens (tertiary/aromatic N) is 4. The van der Waals surface area contributed by atoms with Gasteiger partial charge in [0.05, 0.1) is 24.8 Å². The van der Waals surface area contributed by atoms with Crippen molar-refractivity contribution in [3.8, 4) is 0 Å². The van der Waals surface area contributed by atoms with Crippen molar-refractivity contribution >= 4 is 16.7 Å². The molecule has 5 nitrogen and oxygen atoms in total. The Hall–Kier alpha value is -1.96. The van der Waals surface area contributed by atoms with Gasteiger partial charge in [-0.25, -0.2) is 9.97 Å². The van der Waals surface area contributed by atoms with E-state index in [9.17, 15) is 13.2 Å². The monoisotopic (exact) mass is 284 g/mol. The molecule has 1 aliphatic heterocycles. The van der Waals surface area contributed by atoms with Crippen molar-refractivity contribution in [2.45, 2.75) is 11.8 Å². The summed E-state index contributed by atoms with van der Waals surface area (Å²) in [5, 5.41) is 0.675. The minimum Gasteiger partial charge on any atom is -0.365 e. The fraction of sp³-hybridized carbons (Fsp3) is 0.417. The second-order valence-corrected chi connectivity index (χ2v) is 4.64. The molecule has 0 amide bonds. The first-order valence-electron chi connectivity index (χ1n) is 5.88. The third-order valence-corrected chi connectivity index (χ3v) is 3.52. The van der Waals surface area contributed by atoms with Gasteiger partial charge in [0.15, 0.2) is 5.60 Å². The zero-order chi connectivity index (χ0) is 14.4. The number of halogens is 3. The lowest BCUT2D eigenvalue weighted by molar-refractivity contribution is -0.277. The lowest BCUT2D eigenvalue weighted by Crippen LogP contribution is -2.70. The van der Waals surface area contributed by atoms with E-state index in [2.05, 4.69) is 19.7 Å². The summed E-state index contributed by atoms with van der Waals surface area (Å²) in [6, 6.07) is 1.69. The van der Waals surface area contributed by atoms with Crippen LogP contribution >= 0.6 is 0 Å². The summed E-state index contributed by atoms with van der Waals surface area (Å²) in [7, 11) is 1.08. The molecule has 106 valence electrons. The number of aromatic nitrogens is 3. The van der Waals surface area contributed by atoms with Crippen LogP contribution in [-0.4, -0.2) is 46.9 Å². The molecule has 0 spiro atoms. The van der Waals surface area contributed by atoms with Gasteiger partial charge in [-0.05, 0) is 6.07 Å². The molecule has 3 heterocycles. The van der Waals surface area contributed by atoms with Crippen LogP contribution in [0.25, 0.3) is 10.9 Å². The first-order valence-corrected chi connectivity index (χ1v) is 5.88. The second-order valence-electron chi connectivity index (χ2n) is 4.64.